The molecule has 2 N–H and O–H groups in total. The molecule has 0 saturated carbocycles. The molecule has 0 amide bonds. The highest BCUT2D eigenvalue weighted by atomic mass is 32.1. The molecule has 78 valence electrons. The summed E-state index contributed by atoms with van der Waals surface area (Å²) in [5, 5.41) is 6.93. The topological polar surface area (TPSA) is 37.2 Å². The summed E-state index contributed by atoms with van der Waals surface area (Å²) in [7, 11) is 0. The Morgan fingerprint density at radius 1 is 1.50 bits per heavy atom. The molecule has 0 atom stereocenters. The van der Waals surface area contributed by atoms with Gasteiger partial charge in [-0.25, -0.2) is 0 Å². The van der Waals surface area contributed by atoms with Gasteiger partial charge < -0.3 is 15.1 Å². The molecule has 3 nitrogen and oxygen atoms in total. The number of furan rings is 1. The fraction of sp³-hybridized carbons (Fsp3) is 0.500. The molecule has 0 aromatic carbocycles. The van der Waals surface area contributed by atoms with Crippen LogP contribution in [0.4, 0.5) is 0 Å². The van der Waals surface area contributed by atoms with Crippen molar-refractivity contribution in [2.24, 2.45) is 5.92 Å². The Bertz CT molecular complexity index is 270. The molecule has 0 fully saturated rings. The third-order valence-corrected chi connectivity index (χ3v) is 1.99. The van der Waals surface area contributed by atoms with Gasteiger partial charge >= 0.3 is 0 Å². The molecule has 0 spiro atoms. The summed E-state index contributed by atoms with van der Waals surface area (Å²) in [5.74, 6) is 0.601. The van der Waals surface area contributed by atoms with Crippen LogP contribution in [0.2, 0.25) is 0 Å². The van der Waals surface area contributed by atoms with Gasteiger partial charge in [-0.1, -0.05) is 13.8 Å². The molecule has 0 aliphatic rings. The van der Waals surface area contributed by atoms with Gasteiger partial charge in [-0.05, 0) is 24.2 Å². The van der Waals surface area contributed by atoms with Crippen LogP contribution < -0.4 is 10.6 Å². The van der Waals surface area contributed by atoms with Crippen LogP contribution in [0.3, 0.4) is 0 Å². The Kier molecular flexibility index (Phi) is 4.46. The van der Waals surface area contributed by atoms with Gasteiger partial charge in [0, 0.05) is 18.7 Å². The first-order chi connectivity index (χ1) is 6.68. The number of thiocarbonyl (C=S) groups is 1. The van der Waals surface area contributed by atoms with Crippen LogP contribution in [-0.2, 0) is 6.54 Å². The van der Waals surface area contributed by atoms with E-state index in [0.717, 1.165) is 12.1 Å². The third-order valence-electron chi connectivity index (χ3n) is 1.70. The van der Waals surface area contributed by atoms with E-state index in [1.165, 1.54) is 0 Å². The lowest BCUT2D eigenvalue weighted by Gasteiger charge is -2.11. The lowest BCUT2D eigenvalue weighted by Crippen LogP contribution is -2.36. The zero-order valence-electron chi connectivity index (χ0n) is 8.54. The van der Waals surface area contributed by atoms with Crippen molar-refractivity contribution in [2.45, 2.75) is 20.4 Å². The number of hydrogen-bond donors (Lipinski definition) is 2. The summed E-state index contributed by atoms with van der Waals surface area (Å²) in [6.07, 6.45) is 3.36. The Morgan fingerprint density at radius 3 is 2.86 bits per heavy atom. The molecule has 0 aliphatic heterocycles. The highest BCUT2D eigenvalue weighted by Crippen LogP contribution is 1.98. The molecule has 1 rings (SSSR count). The number of nitrogens with one attached hydrogen (secondary N) is 2. The van der Waals surface area contributed by atoms with Gasteiger partial charge in [0.1, 0.15) is 0 Å². The van der Waals surface area contributed by atoms with Crippen molar-refractivity contribution in [3.63, 3.8) is 0 Å². The second-order valence-electron chi connectivity index (χ2n) is 3.59. The van der Waals surface area contributed by atoms with E-state index in [1.54, 1.807) is 12.5 Å². The molecule has 1 aromatic rings. The smallest absolute Gasteiger partial charge is 0.166 e. The van der Waals surface area contributed by atoms with E-state index in [9.17, 15) is 0 Å². The minimum absolute atomic E-state index is 0.601. The Hall–Kier alpha value is -1.03. The van der Waals surface area contributed by atoms with Crippen molar-refractivity contribution in [1.82, 2.24) is 10.6 Å². The zero-order chi connectivity index (χ0) is 10.4. The molecule has 4 heteroatoms. The van der Waals surface area contributed by atoms with Gasteiger partial charge in [-0.2, -0.15) is 0 Å². The standard InChI is InChI=1S/C10H16N2OS/c1-8(2)5-11-10(14)12-6-9-3-4-13-7-9/h3-4,7-8H,5-6H2,1-2H3,(H2,11,12,14). The predicted molar refractivity (Wildman–Crippen MR) is 61.0 cm³/mol. The predicted octanol–water partition coefficient (Wildman–Crippen LogP) is 1.90. The van der Waals surface area contributed by atoms with Crippen molar-refractivity contribution in [3.8, 4) is 0 Å². The second kappa shape index (κ2) is 5.65. The van der Waals surface area contributed by atoms with Gasteiger partial charge in [-0.15, -0.1) is 0 Å². The SMILES string of the molecule is CC(C)CNC(=S)NCc1ccoc1. The van der Waals surface area contributed by atoms with Gasteiger partial charge in [0.05, 0.1) is 12.5 Å². The van der Waals surface area contributed by atoms with E-state index in [0.29, 0.717) is 17.6 Å². The molecule has 0 saturated heterocycles. The minimum atomic E-state index is 0.601. The van der Waals surface area contributed by atoms with Crippen LogP contribution in [-0.4, -0.2) is 11.7 Å². The van der Waals surface area contributed by atoms with Crippen LogP contribution in [0.15, 0.2) is 23.0 Å². The van der Waals surface area contributed by atoms with E-state index in [2.05, 4.69) is 24.5 Å². The van der Waals surface area contributed by atoms with Crippen molar-refractivity contribution in [3.05, 3.63) is 24.2 Å². The maximum Gasteiger partial charge on any atom is 0.166 e. The highest BCUT2D eigenvalue weighted by Gasteiger charge is 1.98. The van der Waals surface area contributed by atoms with Crippen LogP contribution in [0.1, 0.15) is 19.4 Å². The molecule has 0 bridgehead atoms. The molecule has 1 heterocycles. The first kappa shape index (κ1) is 11.0. The van der Waals surface area contributed by atoms with E-state index in [-0.39, 0.29) is 0 Å². The van der Waals surface area contributed by atoms with E-state index in [4.69, 9.17) is 16.6 Å². The minimum Gasteiger partial charge on any atom is -0.472 e. The molecular weight excluding hydrogens is 196 g/mol. The highest BCUT2D eigenvalue weighted by molar-refractivity contribution is 7.80. The van der Waals surface area contributed by atoms with Crippen LogP contribution >= 0.6 is 12.2 Å². The summed E-state index contributed by atoms with van der Waals surface area (Å²) in [6, 6.07) is 1.91. The Morgan fingerprint density at radius 2 is 2.29 bits per heavy atom. The largest absolute Gasteiger partial charge is 0.472 e. The Balaban J connectivity index is 2.15. The average Bonchev–Trinajstić information content (AvgIpc) is 2.63. The normalized spacial score (nSPS) is 10.2. The van der Waals surface area contributed by atoms with E-state index >= 15 is 0 Å². The maximum absolute atomic E-state index is 5.09. The van der Waals surface area contributed by atoms with Gasteiger partial charge in [0.2, 0.25) is 0 Å². The number of hydrogen-bond acceptors (Lipinski definition) is 2. The van der Waals surface area contributed by atoms with Crippen molar-refractivity contribution in [1.29, 1.82) is 0 Å². The van der Waals surface area contributed by atoms with Crippen LogP contribution in [0, 0.1) is 5.92 Å². The van der Waals surface area contributed by atoms with E-state index < -0.39 is 0 Å². The fourth-order valence-corrected chi connectivity index (χ4v) is 1.09. The Labute approximate surface area is 89.9 Å². The molecule has 0 unspecified atom stereocenters. The second-order valence-corrected chi connectivity index (χ2v) is 4.00. The zero-order valence-corrected chi connectivity index (χ0v) is 9.36. The summed E-state index contributed by atoms with van der Waals surface area (Å²) in [6.45, 7) is 5.90. The molecule has 0 aliphatic carbocycles. The first-order valence-electron chi connectivity index (χ1n) is 4.71. The van der Waals surface area contributed by atoms with Gasteiger partial charge in [-0.3, -0.25) is 0 Å². The van der Waals surface area contributed by atoms with Crippen molar-refractivity contribution >= 4 is 17.3 Å². The number of rotatable bonds is 4. The molecular formula is C10H16N2OS. The maximum atomic E-state index is 5.09. The first-order valence-corrected chi connectivity index (χ1v) is 5.12. The summed E-state index contributed by atoms with van der Waals surface area (Å²) in [5.41, 5.74) is 1.10. The lowest BCUT2D eigenvalue weighted by molar-refractivity contribution is 0.563. The summed E-state index contributed by atoms with van der Waals surface area (Å²) >= 11 is 5.09. The van der Waals surface area contributed by atoms with Crippen molar-refractivity contribution in [2.75, 3.05) is 6.54 Å². The van der Waals surface area contributed by atoms with Crippen LogP contribution in [0.5, 0.6) is 0 Å². The monoisotopic (exact) mass is 212 g/mol. The summed E-state index contributed by atoms with van der Waals surface area (Å²) in [4.78, 5) is 0. The van der Waals surface area contributed by atoms with Gasteiger partial charge in [0.25, 0.3) is 0 Å². The molecule has 1 aromatic heterocycles. The quantitative estimate of drug-likeness (QED) is 0.748. The fourth-order valence-electron chi connectivity index (χ4n) is 0.935. The molecule has 0 radical (unpaired) electrons. The third kappa shape index (κ3) is 4.28. The average molecular weight is 212 g/mol. The summed E-state index contributed by atoms with van der Waals surface area (Å²) < 4.78 is 4.94. The lowest BCUT2D eigenvalue weighted by atomic mass is 10.2. The molecule has 14 heavy (non-hydrogen) atoms. The van der Waals surface area contributed by atoms with E-state index in [1.807, 2.05) is 6.07 Å². The van der Waals surface area contributed by atoms with Gasteiger partial charge in [0.15, 0.2) is 5.11 Å². The van der Waals surface area contributed by atoms with Crippen molar-refractivity contribution < 1.29 is 4.42 Å². The van der Waals surface area contributed by atoms with Crippen LogP contribution in [0.25, 0.3) is 0 Å².